The molecule has 1 aromatic carbocycles. The molecule has 0 saturated carbocycles. The van der Waals surface area contributed by atoms with Gasteiger partial charge in [-0.2, -0.15) is 0 Å². The summed E-state index contributed by atoms with van der Waals surface area (Å²) in [5.74, 6) is 2.58. The van der Waals surface area contributed by atoms with Crippen LogP contribution in [0, 0.1) is 6.92 Å². The number of aryl methyl sites for hydroxylation is 1. The summed E-state index contributed by atoms with van der Waals surface area (Å²) in [4.78, 5) is 23.0. The van der Waals surface area contributed by atoms with Crippen molar-refractivity contribution in [2.75, 3.05) is 20.2 Å². The summed E-state index contributed by atoms with van der Waals surface area (Å²) in [6.45, 7) is 3.04. The predicted octanol–water partition coefficient (Wildman–Crippen LogP) is 3.59. The zero-order valence-corrected chi connectivity index (χ0v) is 16.1. The quantitative estimate of drug-likeness (QED) is 0.672. The van der Waals surface area contributed by atoms with E-state index in [4.69, 9.17) is 13.6 Å². The number of nitrogens with zero attached hydrogens (tertiary/aromatic N) is 3. The third kappa shape index (κ3) is 3.78. The number of carbonyl (C=O) groups is 1. The molecule has 0 N–H and O–H groups in total. The van der Waals surface area contributed by atoms with E-state index in [1.54, 1.807) is 25.1 Å². The minimum Gasteiger partial charge on any atom is -0.497 e. The third-order valence-electron chi connectivity index (χ3n) is 5.08. The van der Waals surface area contributed by atoms with Crippen molar-refractivity contribution in [2.45, 2.75) is 32.1 Å². The molecule has 3 aromatic rings. The Kier molecular flexibility index (Phi) is 5.14. The molecule has 1 amide bonds. The van der Waals surface area contributed by atoms with Crippen LogP contribution in [0.3, 0.4) is 0 Å². The van der Waals surface area contributed by atoms with Gasteiger partial charge in [0, 0.05) is 19.5 Å². The van der Waals surface area contributed by atoms with Crippen molar-refractivity contribution in [3.8, 4) is 5.75 Å². The number of hydrogen-bond acceptors (Lipinski definition) is 6. The molecule has 0 radical (unpaired) electrons. The van der Waals surface area contributed by atoms with Crippen molar-refractivity contribution in [1.29, 1.82) is 0 Å². The smallest absolute Gasteiger partial charge is 0.291 e. The highest BCUT2D eigenvalue weighted by atomic mass is 16.5. The molecule has 4 rings (SSSR count). The number of oxazole rings is 2. The van der Waals surface area contributed by atoms with Gasteiger partial charge in [-0.05, 0) is 37.5 Å². The van der Waals surface area contributed by atoms with Crippen molar-refractivity contribution in [2.24, 2.45) is 0 Å². The Hall–Kier alpha value is -3.09. The van der Waals surface area contributed by atoms with Gasteiger partial charge in [-0.25, -0.2) is 9.97 Å². The maximum atomic E-state index is 12.7. The topological polar surface area (TPSA) is 81.6 Å². The molecule has 7 nitrogen and oxygen atoms in total. The molecule has 1 aliphatic rings. The molecular weight excluding hydrogens is 358 g/mol. The molecule has 7 heteroatoms. The first-order valence-electron chi connectivity index (χ1n) is 9.41. The first-order valence-corrected chi connectivity index (χ1v) is 9.41. The summed E-state index contributed by atoms with van der Waals surface area (Å²) < 4.78 is 16.5. The average Bonchev–Trinajstić information content (AvgIpc) is 3.37. The standard InChI is InChI=1S/C21H23N3O4/c1-14-19(27-13-23-14)21(25)24-8-4-6-16(12-24)20-22-11-18(28-20)10-15-5-3-7-17(9-15)26-2/h3,5,7,9,11,13,16H,4,6,8,10,12H2,1-2H3/t16-/m0/s1. The highest BCUT2D eigenvalue weighted by Crippen LogP contribution is 2.28. The summed E-state index contributed by atoms with van der Waals surface area (Å²) in [6.07, 6.45) is 5.57. The second-order valence-electron chi connectivity index (χ2n) is 7.05. The minimum absolute atomic E-state index is 0.0833. The fourth-order valence-corrected chi connectivity index (χ4v) is 3.59. The molecule has 3 heterocycles. The Morgan fingerprint density at radius 3 is 3.04 bits per heavy atom. The number of carbonyl (C=O) groups excluding carboxylic acids is 1. The van der Waals surface area contributed by atoms with Crippen molar-refractivity contribution in [3.63, 3.8) is 0 Å². The van der Waals surface area contributed by atoms with Gasteiger partial charge in [-0.3, -0.25) is 4.79 Å². The highest BCUT2D eigenvalue weighted by molar-refractivity contribution is 5.92. The van der Waals surface area contributed by atoms with Gasteiger partial charge in [0.25, 0.3) is 5.91 Å². The number of hydrogen-bond donors (Lipinski definition) is 0. The number of aromatic nitrogens is 2. The van der Waals surface area contributed by atoms with E-state index in [-0.39, 0.29) is 11.8 Å². The van der Waals surface area contributed by atoms with Gasteiger partial charge < -0.3 is 18.5 Å². The summed E-state index contributed by atoms with van der Waals surface area (Å²) in [5.41, 5.74) is 1.71. The molecule has 1 fully saturated rings. The molecule has 0 spiro atoms. The monoisotopic (exact) mass is 381 g/mol. The minimum atomic E-state index is -0.122. The third-order valence-corrected chi connectivity index (χ3v) is 5.08. The molecule has 0 bridgehead atoms. The summed E-state index contributed by atoms with van der Waals surface area (Å²) in [7, 11) is 1.65. The van der Waals surface area contributed by atoms with Gasteiger partial charge in [-0.15, -0.1) is 0 Å². The normalized spacial score (nSPS) is 16.9. The number of ether oxygens (including phenoxy) is 1. The molecular formula is C21H23N3O4. The lowest BCUT2D eigenvalue weighted by Crippen LogP contribution is -2.39. The van der Waals surface area contributed by atoms with Crippen molar-refractivity contribution in [1.82, 2.24) is 14.9 Å². The average molecular weight is 381 g/mol. The molecule has 2 aromatic heterocycles. The summed E-state index contributed by atoms with van der Waals surface area (Å²) >= 11 is 0. The predicted molar refractivity (Wildman–Crippen MR) is 101 cm³/mol. The van der Waals surface area contributed by atoms with E-state index in [0.717, 1.165) is 29.9 Å². The maximum Gasteiger partial charge on any atom is 0.291 e. The lowest BCUT2D eigenvalue weighted by Gasteiger charge is -2.30. The van der Waals surface area contributed by atoms with Crippen molar-refractivity contribution in [3.05, 3.63) is 65.5 Å². The molecule has 1 aliphatic heterocycles. The number of rotatable bonds is 5. The molecule has 1 saturated heterocycles. The van der Waals surface area contributed by atoms with E-state index in [9.17, 15) is 4.79 Å². The van der Waals surface area contributed by atoms with E-state index in [1.807, 2.05) is 24.3 Å². The summed E-state index contributed by atoms with van der Waals surface area (Å²) in [6, 6.07) is 7.90. The van der Waals surface area contributed by atoms with Crippen LogP contribution in [0.25, 0.3) is 0 Å². The van der Waals surface area contributed by atoms with Crippen molar-refractivity contribution >= 4 is 5.91 Å². The molecule has 146 valence electrons. The van der Waals surface area contributed by atoms with Crippen LogP contribution >= 0.6 is 0 Å². The van der Waals surface area contributed by atoms with Crippen LogP contribution in [0.4, 0.5) is 0 Å². The lowest BCUT2D eigenvalue weighted by atomic mass is 9.97. The van der Waals surface area contributed by atoms with Crippen LogP contribution in [-0.2, 0) is 6.42 Å². The Bertz CT molecular complexity index is 962. The van der Waals surface area contributed by atoms with Gasteiger partial charge in [0.05, 0.1) is 24.9 Å². The van der Waals surface area contributed by atoms with Gasteiger partial charge in [0.2, 0.25) is 5.76 Å². The number of methoxy groups -OCH3 is 1. The fourth-order valence-electron chi connectivity index (χ4n) is 3.59. The zero-order valence-electron chi connectivity index (χ0n) is 16.1. The van der Waals surface area contributed by atoms with E-state index < -0.39 is 0 Å². The molecule has 1 atom stereocenters. The Morgan fingerprint density at radius 2 is 2.25 bits per heavy atom. The SMILES string of the molecule is COc1cccc(Cc2cnc([C@H]3CCCN(C(=O)c4ocnc4C)C3)o2)c1. The van der Waals surface area contributed by atoms with Crippen LogP contribution in [0.15, 0.2) is 45.7 Å². The van der Waals surface area contributed by atoms with E-state index in [0.29, 0.717) is 36.9 Å². The van der Waals surface area contributed by atoms with Crippen molar-refractivity contribution < 1.29 is 18.4 Å². The van der Waals surface area contributed by atoms with E-state index >= 15 is 0 Å². The van der Waals surface area contributed by atoms with Gasteiger partial charge >= 0.3 is 0 Å². The Morgan fingerprint density at radius 1 is 1.36 bits per heavy atom. The lowest BCUT2D eigenvalue weighted by molar-refractivity contribution is 0.0664. The number of amides is 1. The molecule has 0 unspecified atom stereocenters. The van der Waals surface area contributed by atoms with E-state index in [2.05, 4.69) is 9.97 Å². The van der Waals surface area contributed by atoms with Crippen LogP contribution < -0.4 is 4.74 Å². The number of piperidine rings is 1. The van der Waals surface area contributed by atoms with Crippen LogP contribution in [0.5, 0.6) is 5.75 Å². The fraction of sp³-hybridized carbons (Fsp3) is 0.381. The van der Waals surface area contributed by atoms with Crippen LogP contribution in [0.2, 0.25) is 0 Å². The highest BCUT2D eigenvalue weighted by Gasteiger charge is 2.30. The van der Waals surface area contributed by atoms with Crippen LogP contribution in [-0.4, -0.2) is 41.0 Å². The first-order chi connectivity index (χ1) is 13.6. The maximum absolute atomic E-state index is 12.7. The summed E-state index contributed by atoms with van der Waals surface area (Å²) in [5, 5.41) is 0. The van der Waals surface area contributed by atoms with Gasteiger partial charge in [-0.1, -0.05) is 12.1 Å². The van der Waals surface area contributed by atoms with E-state index in [1.165, 1.54) is 6.39 Å². The molecule has 0 aliphatic carbocycles. The Balaban J connectivity index is 1.44. The largest absolute Gasteiger partial charge is 0.497 e. The van der Waals surface area contributed by atoms with Gasteiger partial charge in [0.1, 0.15) is 11.5 Å². The Labute approximate surface area is 163 Å². The number of benzene rings is 1. The first kappa shape index (κ1) is 18.3. The number of likely N-dealkylation sites (tertiary alicyclic amines) is 1. The second-order valence-corrected chi connectivity index (χ2v) is 7.05. The zero-order chi connectivity index (χ0) is 19.5. The molecule has 28 heavy (non-hydrogen) atoms. The second kappa shape index (κ2) is 7.88. The van der Waals surface area contributed by atoms with Gasteiger partial charge in [0.15, 0.2) is 12.3 Å². The van der Waals surface area contributed by atoms with Crippen LogP contribution in [0.1, 0.15) is 52.2 Å².